The number of benzene rings is 1. The molecule has 1 aromatic heterocycles. The maximum atomic E-state index is 11.3. The summed E-state index contributed by atoms with van der Waals surface area (Å²) in [7, 11) is -2.05. The van der Waals surface area contributed by atoms with Crippen LogP contribution >= 0.6 is 0 Å². The predicted molar refractivity (Wildman–Crippen MR) is 83.3 cm³/mol. The Kier molecular flexibility index (Phi) is 3.35. The molecule has 0 spiro atoms. The molecule has 0 amide bonds. The standard InChI is InChI=1S/C15H20N2O3S/c1-9-6-10(2)14-11-4-5-16-12(8-21(18,19)20)15(11)17(3)13(14)7-9/h6-7,12,16H,4-5,8H2,1-3H3,(H,18,19,20). The summed E-state index contributed by atoms with van der Waals surface area (Å²) in [5, 5.41) is 4.43. The van der Waals surface area contributed by atoms with E-state index in [-0.39, 0.29) is 11.8 Å². The van der Waals surface area contributed by atoms with E-state index in [1.54, 1.807) is 0 Å². The molecule has 2 N–H and O–H groups in total. The maximum absolute atomic E-state index is 11.3. The molecule has 0 aliphatic carbocycles. The fourth-order valence-corrected chi connectivity index (χ4v) is 4.27. The first-order chi connectivity index (χ1) is 9.78. The van der Waals surface area contributed by atoms with Crippen molar-refractivity contribution in [1.82, 2.24) is 9.88 Å². The zero-order chi connectivity index (χ0) is 15.4. The van der Waals surface area contributed by atoms with Crippen molar-refractivity contribution in [3.63, 3.8) is 0 Å². The Morgan fingerprint density at radius 2 is 2.10 bits per heavy atom. The molecule has 1 aliphatic rings. The molecule has 3 rings (SSSR count). The van der Waals surface area contributed by atoms with Crippen LogP contribution in [0.3, 0.4) is 0 Å². The number of nitrogens with zero attached hydrogens (tertiary/aromatic N) is 1. The molecular weight excluding hydrogens is 288 g/mol. The summed E-state index contributed by atoms with van der Waals surface area (Å²) in [6.07, 6.45) is 0.874. The number of nitrogens with one attached hydrogen (secondary N) is 1. The summed E-state index contributed by atoms with van der Waals surface area (Å²) in [6, 6.07) is 3.92. The Balaban J connectivity index is 2.26. The van der Waals surface area contributed by atoms with E-state index < -0.39 is 10.1 Å². The minimum atomic E-state index is -4.01. The first-order valence-electron chi connectivity index (χ1n) is 7.05. The van der Waals surface area contributed by atoms with Crippen LogP contribution in [0.1, 0.15) is 28.4 Å². The van der Waals surface area contributed by atoms with E-state index in [0.717, 1.165) is 24.2 Å². The van der Waals surface area contributed by atoms with Crippen LogP contribution in [0.25, 0.3) is 10.9 Å². The SMILES string of the molecule is Cc1cc(C)c2c3c(n(C)c2c1)C(CS(=O)(=O)O)NCC3. The molecule has 5 nitrogen and oxygen atoms in total. The van der Waals surface area contributed by atoms with Crippen molar-refractivity contribution in [3.05, 3.63) is 34.5 Å². The summed E-state index contributed by atoms with van der Waals surface area (Å²) in [5.74, 6) is -0.289. The monoisotopic (exact) mass is 308 g/mol. The van der Waals surface area contributed by atoms with Gasteiger partial charge in [-0.1, -0.05) is 6.07 Å². The smallest absolute Gasteiger partial charge is 0.266 e. The van der Waals surface area contributed by atoms with E-state index in [2.05, 4.69) is 35.9 Å². The minimum absolute atomic E-state index is 0.289. The third kappa shape index (κ3) is 2.47. The largest absolute Gasteiger partial charge is 0.346 e. The van der Waals surface area contributed by atoms with Gasteiger partial charge in [0.2, 0.25) is 0 Å². The van der Waals surface area contributed by atoms with Crippen LogP contribution in [0.15, 0.2) is 12.1 Å². The average Bonchev–Trinajstić information content (AvgIpc) is 2.62. The van der Waals surface area contributed by atoms with Crippen LogP contribution in [-0.4, -0.2) is 29.8 Å². The highest BCUT2D eigenvalue weighted by Gasteiger charge is 2.29. The second kappa shape index (κ2) is 4.83. The molecule has 0 saturated heterocycles. The maximum Gasteiger partial charge on any atom is 0.266 e. The normalized spacial score (nSPS) is 19.0. The van der Waals surface area contributed by atoms with Gasteiger partial charge in [0.15, 0.2) is 0 Å². The highest BCUT2D eigenvalue weighted by molar-refractivity contribution is 7.85. The van der Waals surface area contributed by atoms with Crippen molar-refractivity contribution in [2.24, 2.45) is 7.05 Å². The van der Waals surface area contributed by atoms with Crippen LogP contribution in [0, 0.1) is 13.8 Å². The quantitative estimate of drug-likeness (QED) is 0.831. The molecule has 2 heterocycles. The zero-order valence-corrected chi connectivity index (χ0v) is 13.3. The summed E-state index contributed by atoms with van der Waals surface area (Å²) in [6.45, 7) is 4.88. The Hall–Kier alpha value is -1.37. The van der Waals surface area contributed by atoms with E-state index in [1.807, 2.05) is 7.05 Å². The van der Waals surface area contributed by atoms with Crippen molar-refractivity contribution in [1.29, 1.82) is 0 Å². The first kappa shape index (κ1) is 14.6. The van der Waals surface area contributed by atoms with Gasteiger partial charge in [0.1, 0.15) is 0 Å². The topological polar surface area (TPSA) is 71.3 Å². The van der Waals surface area contributed by atoms with E-state index in [1.165, 1.54) is 22.1 Å². The Morgan fingerprint density at radius 3 is 2.76 bits per heavy atom. The molecule has 0 bridgehead atoms. The van der Waals surface area contributed by atoms with Gasteiger partial charge in [0.25, 0.3) is 10.1 Å². The van der Waals surface area contributed by atoms with Gasteiger partial charge in [-0.15, -0.1) is 0 Å². The molecule has 0 radical (unpaired) electrons. The fraction of sp³-hybridized carbons (Fsp3) is 0.467. The van der Waals surface area contributed by atoms with E-state index >= 15 is 0 Å². The van der Waals surface area contributed by atoms with E-state index in [4.69, 9.17) is 0 Å². The molecule has 1 atom stereocenters. The molecule has 0 fully saturated rings. The van der Waals surface area contributed by atoms with Crippen LogP contribution < -0.4 is 5.32 Å². The van der Waals surface area contributed by atoms with Gasteiger partial charge in [-0.25, -0.2) is 0 Å². The van der Waals surface area contributed by atoms with Crippen molar-refractivity contribution in [2.45, 2.75) is 26.3 Å². The van der Waals surface area contributed by atoms with Crippen molar-refractivity contribution >= 4 is 21.0 Å². The van der Waals surface area contributed by atoms with Gasteiger partial charge < -0.3 is 9.88 Å². The Labute approximate surface area is 124 Å². The van der Waals surface area contributed by atoms with Gasteiger partial charge in [0, 0.05) is 23.6 Å². The summed E-state index contributed by atoms with van der Waals surface area (Å²) in [5.41, 5.74) is 5.72. The molecule has 1 aromatic carbocycles. The second-order valence-corrected chi connectivity index (χ2v) is 7.40. The van der Waals surface area contributed by atoms with Gasteiger partial charge >= 0.3 is 0 Å². The molecule has 1 aliphatic heterocycles. The summed E-state index contributed by atoms with van der Waals surface area (Å²) in [4.78, 5) is 0. The van der Waals surface area contributed by atoms with Crippen LogP contribution in [0.2, 0.25) is 0 Å². The van der Waals surface area contributed by atoms with Crippen LogP contribution in [0.4, 0.5) is 0 Å². The molecule has 2 aromatic rings. The lowest BCUT2D eigenvalue weighted by Gasteiger charge is -2.25. The fourth-order valence-electron chi connectivity index (χ4n) is 3.58. The zero-order valence-electron chi connectivity index (χ0n) is 12.5. The summed E-state index contributed by atoms with van der Waals surface area (Å²) >= 11 is 0. The molecule has 21 heavy (non-hydrogen) atoms. The second-order valence-electron chi connectivity index (χ2n) is 5.90. The molecule has 114 valence electrons. The first-order valence-corrected chi connectivity index (χ1v) is 8.66. The third-order valence-electron chi connectivity index (χ3n) is 4.27. The predicted octanol–water partition coefficient (Wildman–Crippen LogP) is 1.87. The molecule has 6 heteroatoms. The third-order valence-corrected chi connectivity index (χ3v) is 5.02. The van der Waals surface area contributed by atoms with Gasteiger partial charge in [-0.05, 0) is 49.6 Å². The Morgan fingerprint density at radius 1 is 1.38 bits per heavy atom. The molecular formula is C15H20N2O3S. The van der Waals surface area contributed by atoms with Gasteiger partial charge in [-0.2, -0.15) is 8.42 Å². The van der Waals surface area contributed by atoms with Gasteiger partial charge in [0.05, 0.1) is 11.8 Å². The number of fused-ring (bicyclic) bond motifs is 3. The van der Waals surface area contributed by atoms with Gasteiger partial charge in [-0.3, -0.25) is 4.55 Å². The number of hydrogen-bond acceptors (Lipinski definition) is 3. The number of aromatic nitrogens is 1. The highest BCUT2D eigenvalue weighted by Crippen LogP contribution is 2.35. The number of hydrogen-bond donors (Lipinski definition) is 2. The van der Waals surface area contributed by atoms with Crippen LogP contribution in [0.5, 0.6) is 0 Å². The molecule has 0 saturated carbocycles. The van der Waals surface area contributed by atoms with E-state index in [0.29, 0.717) is 0 Å². The average molecular weight is 308 g/mol. The van der Waals surface area contributed by atoms with Crippen LogP contribution in [-0.2, 0) is 23.6 Å². The number of aryl methyl sites for hydroxylation is 3. The van der Waals surface area contributed by atoms with E-state index in [9.17, 15) is 13.0 Å². The minimum Gasteiger partial charge on any atom is -0.346 e. The Bertz CT molecular complexity index is 821. The van der Waals surface area contributed by atoms with Crippen molar-refractivity contribution in [2.75, 3.05) is 12.3 Å². The van der Waals surface area contributed by atoms with Crippen molar-refractivity contribution in [3.8, 4) is 0 Å². The van der Waals surface area contributed by atoms with Crippen molar-refractivity contribution < 1.29 is 13.0 Å². The molecule has 1 unspecified atom stereocenters. The lowest BCUT2D eigenvalue weighted by molar-refractivity contribution is 0.454. The summed E-state index contributed by atoms with van der Waals surface area (Å²) < 4.78 is 33.8. The number of rotatable bonds is 2. The highest BCUT2D eigenvalue weighted by atomic mass is 32.2. The lowest BCUT2D eigenvalue weighted by Crippen LogP contribution is -2.35. The lowest BCUT2D eigenvalue weighted by atomic mass is 9.97.